The molecule has 7 heteroatoms. The van der Waals surface area contributed by atoms with E-state index in [1.54, 1.807) is 22.8 Å². The summed E-state index contributed by atoms with van der Waals surface area (Å²) < 4.78 is 0. The standard InChI is InChI=1S/C18H22N4O3/c1-13(23)21-9-11-22(12-10-21)17(24)8-4-7-16-19-15-6-3-2-5-14(15)18(25)20-16/h2-3,5-6H,4,7-12H2,1H3,(H,19,20,25). The van der Waals surface area contributed by atoms with Gasteiger partial charge in [0.25, 0.3) is 5.56 Å². The summed E-state index contributed by atoms with van der Waals surface area (Å²) in [6.45, 7) is 3.92. The van der Waals surface area contributed by atoms with E-state index in [1.807, 2.05) is 18.2 Å². The molecule has 0 radical (unpaired) electrons. The van der Waals surface area contributed by atoms with Crippen LogP contribution in [0.1, 0.15) is 25.6 Å². The Morgan fingerprint density at radius 1 is 1.12 bits per heavy atom. The Morgan fingerprint density at radius 3 is 2.52 bits per heavy atom. The molecule has 1 aliphatic rings. The largest absolute Gasteiger partial charge is 0.339 e. The third-order valence-electron chi connectivity index (χ3n) is 4.54. The number of nitrogens with zero attached hydrogens (tertiary/aromatic N) is 3. The van der Waals surface area contributed by atoms with Crippen molar-refractivity contribution in [3.63, 3.8) is 0 Å². The molecule has 1 N–H and O–H groups in total. The Bertz CT molecular complexity index is 838. The Kier molecular flexibility index (Phi) is 5.11. The van der Waals surface area contributed by atoms with Gasteiger partial charge in [0.1, 0.15) is 5.82 Å². The SMILES string of the molecule is CC(=O)N1CCN(C(=O)CCCc2nc3ccccc3c(=O)[nH]2)CC1. The highest BCUT2D eigenvalue weighted by Crippen LogP contribution is 2.09. The van der Waals surface area contributed by atoms with E-state index in [4.69, 9.17) is 0 Å². The van der Waals surface area contributed by atoms with Crippen LogP contribution in [0.25, 0.3) is 10.9 Å². The van der Waals surface area contributed by atoms with Gasteiger partial charge in [0.2, 0.25) is 11.8 Å². The van der Waals surface area contributed by atoms with Crippen LogP contribution in [0.5, 0.6) is 0 Å². The molecule has 2 amide bonds. The lowest BCUT2D eigenvalue weighted by atomic mass is 10.2. The number of carbonyl (C=O) groups is 2. The molecule has 7 nitrogen and oxygen atoms in total. The van der Waals surface area contributed by atoms with Crippen molar-refractivity contribution in [3.05, 3.63) is 40.4 Å². The second kappa shape index (κ2) is 7.46. The Balaban J connectivity index is 1.52. The average Bonchev–Trinajstić information content (AvgIpc) is 2.62. The monoisotopic (exact) mass is 342 g/mol. The molecule has 1 aromatic carbocycles. The lowest BCUT2D eigenvalue weighted by molar-refractivity contribution is -0.138. The van der Waals surface area contributed by atoms with Gasteiger partial charge in [0.05, 0.1) is 10.9 Å². The van der Waals surface area contributed by atoms with Crippen LogP contribution in [0, 0.1) is 0 Å². The number of benzene rings is 1. The van der Waals surface area contributed by atoms with Crippen molar-refractivity contribution in [2.45, 2.75) is 26.2 Å². The van der Waals surface area contributed by atoms with Crippen molar-refractivity contribution >= 4 is 22.7 Å². The minimum atomic E-state index is -0.146. The second-order valence-corrected chi connectivity index (χ2v) is 6.27. The molecule has 3 rings (SSSR count). The first-order valence-corrected chi connectivity index (χ1v) is 8.56. The fourth-order valence-corrected chi connectivity index (χ4v) is 3.09. The fourth-order valence-electron chi connectivity index (χ4n) is 3.09. The van der Waals surface area contributed by atoms with E-state index in [1.165, 1.54) is 0 Å². The van der Waals surface area contributed by atoms with Crippen molar-refractivity contribution in [2.24, 2.45) is 0 Å². The first-order valence-electron chi connectivity index (χ1n) is 8.56. The van der Waals surface area contributed by atoms with Crippen molar-refractivity contribution in [2.75, 3.05) is 26.2 Å². The zero-order valence-corrected chi connectivity index (χ0v) is 14.3. The van der Waals surface area contributed by atoms with Crippen LogP contribution in [-0.4, -0.2) is 57.8 Å². The highest BCUT2D eigenvalue weighted by molar-refractivity contribution is 5.78. The number of aryl methyl sites for hydroxylation is 1. The van der Waals surface area contributed by atoms with Crippen molar-refractivity contribution in [3.8, 4) is 0 Å². The molecule has 0 bridgehead atoms. The molecule has 0 unspecified atom stereocenters. The fraction of sp³-hybridized carbons (Fsp3) is 0.444. The van der Waals surface area contributed by atoms with E-state index < -0.39 is 0 Å². The summed E-state index contributed by atoms with van der Waals surface area (Å²) in [5.74, 6) is 0.752. The highest BCUT2D eigenvalue weighted by atomic mass is 16.2. The number of hydrogen-bond acceptors (Lipinski definition) is 4. The molecular weight excluding hydrogens is 320 g/mol. The molecular formula is C18H22N4O3. The van der Waals surface area contributed by atoms with Gasteiger partial charge >= 0.3 is 0 Å². The number of aromatic amines is 1. The molecule has 1 aromatic heterocycles. The number of amides is 2. The highest BCUT2D eigenvalue weighted by Gasteiger charge is 2.21. The molecule has 1 fully saturated rings. The molecule has 1 saturated heterocycles. The number of piperazine rings is 1. The maximum atomic E-state index is 12.3. The molecule has 25 heavy (non-hydrogen) atoms. The van der Waals surface area contributed by atoms with Crippen LogP contribution in [0.2, 0.25) is 0 Å². The Morgan fingerprint density at radius 2 is 1.80 bits per heavy atom. The van der Waals surface area contributed by atoms with Crippen LogP contribution < -0.4 is 5.56 Å². The molecule has 0 atom stereocenters. The van der Waals surface area contributed by atoms with Crippen LogP contribution in [-0.2, 0) is 16.0 Å². The number of rotatable bonds is 4. The lowest BCUT2D eigenvalue weighted by Crippen LogP contribution is -2.50. The summed E-state index contributed by atoms with van der Waals surface area (Å²) in [7, 11) is 0. The normalized spacial score (nSPS) is 14.8. The van der Waals surface area contributed by atoms with E-state index in [-0.39, 0.29) is 17.4 Å². The zero-order chi connectivity index (χ0) is 17.8. The van der Waals surface area contributed by atoms with E-state index in [0.29, 0.717) is 62.2 Å². The number of nitrogens with one attached hydrogen (secondary N) is 1. The first-order chi connectivity index (χ1) is 12.0. The molecule has 0 aliphatic carbocycles. The number of aromatic nitrogens is 2. The number of para-hydroxylation sites is 1. The Hall–Kier alpha value is -2.70. The molecule has 0 saturated carbocycles. The van der Waals surface area contributed by atoms with Gasteiger partial charge in [-0.1, -0.05) is 12.1 Å². The second-order valence-electron chi connectivity index (χ2n) is 6.27. The van der Waals surface area contributed by atoms with E-state index in [0.717, 1.165) is 0 Å². The predicted octanol–water partition coefficient (Wildman–Crippen LogP) is 0.936. The summed E-state index contributed by atoms with van der Waals surface area (Å²) in [4.78, 5) is 46.4. The van der Waals surface area contributed by atoms with Crippen LogP contribution in [0.3, 0.4) is 0 Å². The number of H-pyrrole nitrogens is 1. The van der Waals surface area contributed by atoms with Crippen LogP contribution in [0.15, 0.2) is 29.1 Å². The third kappa shape index (κ3) is 4.04. The maximum absolute atomic E-state index is 12.3. The summed E-state index contributed by atoms with van der Waals surface area (Å²) in [5.41, 5.74) is 0.528. The van der Waals surface area contributed by atoms with Gasteiger partial charge < -0.3 is 14.8 Å². The molecule has 2 aromatic rings. The number of carbonyl (C=O) groups excluding carboxylic acids is 2. The Labute approximate surface area is 145 Å². The average molecular weight is 342 g/mol. The van der Waals surface area contributed by atoms with Gasteiger partial charge in [0, 0.05) is 45.9 Å². The van der Waals surface area contributed by atoms with Gasteiger partial charge in [-0.25, -0.2) is 4.98 Å². The summed E-state index contributed by atoms with van der Waals surface area (Å²) >= 11 is 0. The van der Waals surface area contributed by atoms with Crippen molar-refractivity contribution < 1.29 is 9.59 Å². The molecule has 132 valence electrons. The van der Waals surface area contributed by atoms with Gasteiger partial charge in [-0.05, 0) is 18.6 Å². The summed E-state index contributed by atoms with van der Waals surface area (Å²) in [5, 5.41) is 0.575. The van der Waals surface area contributed by atoms with Gasteiger partial charge in [-0.2, -0.15) is 0 Å². The lowest BCUT2D eigenvalue weighted by Gasteiger charge is -2.34. The number of fused-ring (bicyclic) bond motifs is 1. The predicted molar refractivity (Wildman–Crippen MR) is 94.1 cm³/mol. The van der Waals surface area contributed by atoms with Crippen molar-refractivity contribution in [1.29, 1.82) is 0 Å². The molecule has 2 heterocycles. The molecule has 1 aliphatic heterocycles. The van der Waals surface area contributed by atoms with Gasteiger partial charge in [-0.3, -0.25) is 14.4 Å². The first kappa shape index (κ1) is 17.1. The summed E-state index contributed by atoms with van der Waals surface area (Å²) in [6.07, 6.45) is 1.60. The van der Waals surface area contributed by atoms with E-state index in [2.05, 4.69) is 9.97 Å². The van der Waals surface area contributed by atoms with Crippen LogP contribution >= 0.6 is 0 Å². The third-order valence-corrected chi connectivity index (χ3v) is 4.54. The van der Waals surface area contributed by atoms with Crippen LogP contribution in [0.4, 0.5) is 0 Å². The summed E-state index contributed by atoms with van der Waals surface area (Å²) in [6, 6.07) is 7.22. The topological polar surface area (TPSA) is 86.4 Å². The molecule has 0 spiro atoms. The minimum Gasteiger partial charge on any atom is -0.339 e. The maximum Gasteiger partial charge on any atom is 0.258 e. The number of hydrogen-bond donors (Lipinski definition) is 1. The van der Waals surface area contributed by atoms with Gasteiger partial charge in [-0.15, -0.1) is 0 Å². The van der Waals surface area contributed by atoms with E-state index >= 15 is 0 Å². The smallest absolute Gasteiger partial charge is 0.258 e. The minimum absolute atomic E-state index is 0.0541. The zero-order valence-electron chi connectivity index (χ0n) is 14.3. The quantitative estimate of drug-likeness (QED) is 0.896. The van der Waals surface area contributed by atoms with Crippen molar-refractivity contribution in [1.82, 2.24) is 19.8 Å². The van der Waals surface area contributed by atoms with Gasteiger partial charge in [0.15, 0.2) is 0 Å². The van der Waals surface area contributed by atoms with E-state index in [9.17, 15) is 14.4 Å².